The number of rotatable bonds is 3. The van der Waals surface area contributed by atoms with Crippen LogP contribution in [0.5, 0.6) is 0 Å². The first kappa shape index (κ1) is 8.03. The molecular weight excluding hydrogens is 114 g/mol. The molecule has 0 radical (unpaired) electrons. The third kappa shape index (κ3) is 4.89. The minimum Gasteiger partial charge on any atom is -0.500 e. The summed E-state index contributed by atoms with van der Waals surface area (Å²) in [5.74, 6) is -0.163. The smallest absolute Gasteiger partial charge is 0.190 e. The van der Waals surface area contributed by atoms with E-state index in [9.17, 15) is 0 Å². The molecule has 0 aromatic heterocycles. The number of allylic oxidation sites excluding steroid dienone is 2. The summed E-state index contributed by atoms with van der Waals surface area (Å²) in [4.78, 5) is 0. The van der Waals surface area contributed by atoms with E-state index in [0.29, 0.717) is 0 Å². The Balaban J connectivity index is 3.35. The van der Waals surface area contributed by atoms with Crippen molar-refractivity contribution in [2.45, 2.75) is 26.2 Å². The van der Waals surface area contributed by atoms with Crippen molar-refractivity contribution in [3.63, 3.8) is 0 Å². The molecule has 50 valence electrons. The predicted molar refractivity (Wildman–Crippen MR) is 35.8 cm³/mol. The molecule has 0 aromatic carbocycles. The second-order valence-electron chi connectivity index (χ2n) is 1.84. The van der Waals surface area contributed by atoms with Crippen molar-refractivity contribution in [3.05, 3.63) is 11.8 Å². The van der Waals surface area contributed by atoms with Gasteiger partial charge in [-0.05, 0) is 18.9 Å². The zero-order valence-corrected chi connectivity index (χ0v) is 5.59. The molecular formula is C7H11NO. The monoisotopic (exact) mass is 125 g/mol. The number of hydrogen-bond donors (Lipinski definition) is 1. The van der Waals surface area contributed by atoms with E-state index in [2.05, 4.69) is 6.92 Å². The molecule has 0 saturated carbocycles. The Morgan fingerprint density at radius 3 is 2.89 bits per heavy atom. The van der Waals surface area contributed by atoms with Gasteiger partial charge in [-0.1, -0.05) is 13.3 Å². The van der Waals surface area contributed by atoms with E-state index in [0.717, 1.165) is 19.3 Å². The lowest BCUT2D eigenvalue weighted by Gasteiger charge is -1.86. The molecule has 0 rings (SSSR count). The molecule has 0 bridgehead atoms. The quantitative estimate of drug-likeness (QED) is 0.272. The van der Waals surface area contributed by atoms with Crippen molar-refractivity contribution in [2.75, 3.05) is 0 Å². The Morgan fingerprint density at radius 1 is 1.78 bits per heavy atom. The number of nitrogens with zero attached hydrogens (tertiary/aromatic N) is 1. The van der Waals surface area contributed by atoms with E-state index >= 15 is 0 Å². The lowest BCUT2D eigenvalue weighted by atomic mass is 10.2. The molecule has 1 N–H and O–H groups in total. The Bertz CT molecular complexity index is 132. The maximum absolute atomic E-state index is 8.58. The Labute approximate surface area is 55.4 Å². The summed E-state index contributed by atoms with van der Waals surface area (Å²) in [7, 11) is 0. The molecule has 2 nitrogen and oxygen atoms in total. The van der Waals surface area contributed by atoms with Gasteiger partial charge in [0.05, 0.1) is 0 Å². The molecule has 0 unspecified atom stereocenters. The lowest BCUT2D eigenvalue weighted by molar-refractivity contribution is 0.433. The second-order valence-corrected chi connectivity index (χ2v) is 1.84. The van der Waals surface area contributed by atoms with E-state index in [1.165, 1.54) is 0 Å². The fourth-order valence-electron chi connectivity index (χ4n) is 0.489. The van der Waals surface area contributed by atoms with E-state index < -0.39 is 0 Å². The highest BCUT2D eigenvalue weighted by atomic mass is 16.3. The SMILES string of the molecule is CCCCC=C(O)C#N. The van der Waals surface area contributed by atoms with Gasteiger partial charge in [0.25, 0.3) is 0 Å². The second kappa shape index (κ2) is 5.17. The summed E-state index contributed by atoms with van der Waals surface area (Å²) in [5, 5.41) is 16.7. The molecule has 0 atom stereocenters. The largest absolute Gasteiger partial charge is 0.500 e. The van der Waals surface area contributed by atoms with Gasteiger partial charge in [0.2, 0.25) is 0 Å². The van der Waals surface area contributed by atoms with E-state index in [4.69, 9.17) is 10.4 Å². The Hall–Kier alpha value is -0.970. The first-order chi connectivity index (χ1) is 4.31. The molecule has 2 heteroatoms. The summed E-state index contributed by atoms with van der Waals surface area (Å²) in [6.45, 7) is 2.07. The fraction of sp³-hybridized carbons (Fsp3) is 0.571. The van der Waals surface area contributed by atoms with Crippen molar-refractivity contribution in [1.29, 1.82) is 5.26 Å². The summed E-state index contributed by atoms with van der Waals surface area (Å²) in [6.07, 6.45) is 4.47. The van der Waals surface area contributed by atoms with Crippen LogP contribution in [-0.4, -0.2) is 5.11 Å². The highest BCUT2D eigenvalue weighted by Gasteiger charge is 1.84. The molecule has 0 spiro atoms. The van der Waals surface area contributed by atoms with Gasteiger partial charge in [0, 0.05) is 0 Å². The van der Waals surface area contributed by atoms with Crippen LogP contribution in [0.3, 0.4) is 0 Å². The fourth-order valence-corrected chi connectivity index (χ4v) is 0.489. The van der Waals surface area contributed by atoms with Crippen molar-refractivity contribution in [3.8, 4) is 6.07 Å². The molecule has 0 amide bonds. The van der Waals surface area contributed by atoms with Crippen molar-refractivity contribution in [2.24, 2.45) is 0 Å². The van der Waals surface area contributed by atoms with Crippen LogP contribution in [-0.2, 0) is 0 Å². The zero-order chi connectivity index (χ0) is 7.11. The number of nitriles is 1. The Morgan fingerprint density at radius 2 is 2.44 bits per heavy atom. The minimum atomic E-state index is -0.163. The third-order valence-electron chi connectivity index (χ3n) is 1.01. The van der Waals surface area contributed by atoms with Crippen LogP contribution in [0.2, 0.25) is 0 Å². The van der Waals surface area contributed by atoms with Gasteiger partial charge in [-0.3, -0.25) is 0 Å². The van der Waals surface area contributed by atoms with Crippen LogP contribution in [0.15, 0.2) is 11.8 Å². The summed E-state index contributed by atoms with van der Waals surface area (Å²) < 4.78 is 0. The van der Waals surface area contributed by atoms with Crippen LogP contribution >= 0.6 is 0 Å². The molecule has 0 saturated heterocycles. The maximum atomic E-state index is 8.58. The molecule has 0 heterocycles. The van der Waals surface area contributed by atoms with Crippen molar-refractivity contribution < 1.29 is 5.11 Å². The molecule has 0 aliphatic heterocycles. The van der Waals surface area contributed by atoms with Crippen molar-refractivity contribution >= 4 is 0 Å². The van der Waals surface area contributed by atoms with Crippen LogP contribution < -0.4 is 0 Å². The summed E-state index contributed by atoms with van der Waals surface area (Å²) >= 11 is 0. The topological polar surface area (TPSA) is 44.0 Å². The van der Waals surface area contributed by atoms with Crippen LogP contribution in [0.1, 0.15) is 26.2 Å². The third-order valence-corrected chi connectivity index (χ3v) is 1.01. The number of aliphatic hydroxyl groups is 1. The summed E-state index contributed by atoms with van der Waals surface area (Å²) in [5.41, 5.74) is 0. The normalized spacial score (nSPS) is 10.9. The first-order valence-electron chi connectivity index (χ1n) is 3.10. The first-order valence-corrected chi connectivity index (χ1v) is 3.10. The molecule has 0 aliphatic rings. The predicted octanol–water partition coefficient (Wildman–Crippen LogP) is 2.14. The summed E-state index contributed by atoms with van der Waals surface area (Å²) in [6, 6.07) is 1.64. The van der Waals surface area contributed by atoms with Crippen LogP contribution in [0.25, 0.3) is 0 Å². The van der Waals surface area contributed by atoms with Gasteiger partial charge in [-0.25, -0.2) is 0 Å². The lowest BCUT2D eigenvalue weighted by Crippen LogP contribution is -1.74. The van der Waals surface area contributed by atoms with Gasteiger partial charge in [-0.15, -0.1) is 0 Å². The van der Waals surface area contributed by atoms with Crippen LogP contribution in [0.4, 0.5) is 0 Å². The van der Waals surface area contributed by atoms with Gasteiger partial charge in [-0.2, -0.15) is 5.26 Å². The zero-order valence-electron chi connectivity index (χ0n) is 5.59. The standard InChI is InChI=1S/C7H11NO/c1-2-3-4-5-7(9)6-8/h5,9H,2-4H2,1H3. The maximum Gasteiger partial charge on any atom is 0.190 e. The van der Waals surface area contributed by atoms with Crippen molar-refractivity contribution in [1.82, 2.24) is 0 Å². The van der Waals surface area contributed by atoms with E-state index in [1.54, 1.807) is 12.1 Å². The highest BCUT2D eigenvalue weighted by molar-refractivity contribution is 5.10. The number of aliphatic hydroxyl groups excluding tert-OH is 1. The van der Waals surface area contributed by atoms with Crippen LogP contribution in [0, 0.1) is 11.3 Å². The highest BCUT2D eigenvalue weighted by Crippen LogP contribution is 1.97. The van der Waals surface area contributed by atoms with Gasteiger partial charge >= 0.3 is 0 Å². The van der Waals surface area contributed by atoms with E-state index in [1.807, 2.05) is 0 Å². The minimum absolute atomic E-state index is 0.163. The number of hydrogen-bond acceptors (Lipinski definition) is 2. The Kier molecular flexibility index (Phi) is 4.61. The molecule has 0 fully saturated rings. The van der Waals surface area contributed by atoms with E-state index in [-0.39, 0.29) is 5.76 Å². The van der Waals surface area contributed by atoms with Gasteiger partial charge in [0.1, 0.15) is 6.07 Å². The average Bonchev–Trinajstić information content (AvgIpc) is 1.89. The van der Waals surface area contributed by atoms with Gasteiger partial charge < -0.3 is 5.11 Å². The average molecular weight is 125 g/mol. The number of unbranched alkanes of at least 4 members (excludes halogenated alkanes) is 2. The van der Waals surface area contributed by atoms with Gasteiger partial charge in [0.15, 0.2) is 5.76 Å². The molecule has 0 aromatic rings. The molecule has 9 heavy (non-hydrogen) atoms. The molecule has 0 aliphatic carbocycles.